The molecule has 2 aromatic carbocycles. The smallest absolute Gasteiger partial charge is 0.437 e. The first-order valence-electron chi connectivity index (χ1n) is 8.51. The molecule has 0 amide bonds. The molecule has 0 aliphatic carbocycles. The zero-order valence-electron chi connectivity index (χ0n) is 15.2. The molecule has 0 bridgehead atoms. The number of hydrogen-bond donors (Lipinski definition) is 0. The second-order valence-corrected chi connectivity index (χ2v) is 6.47. The Bertz CT molecular complexity index is 1250. The van der Waals surface area contributed by atoms with Crippen LogP contribution < -0.4 is 10.5 Å². The van der Waals surface area contributed by atoms with E-state index in [2.05, 4.69) is 14.9 Å². The van der Waals surface area contributed by atoms with Gasteiger partial charge in [-0.2, -0.15) is 0 Å². The minimum absolute atomic E-state index is 0.240. The van der Waals surface area contributed by atoms with Crippen LogP contribution in [0, 0.1) is 0 Å². The summed E-state index contributed by atoms with van der Waals surface area (Å²) in [6.45, 7) is 0.252. The molecule has 0 unspecified atom stereocenters. The number of nitrogens with zero attached hydrogens (tertiary/aromatic N) is 3. The van der Waals surface area contributed by atoms with Crippen LogP contribution in [0.4, 0.5) is 4.79 Å². The highest BCUT2D eigenvalue weighted by molar-refractivity contribution is 6.29. The zero-order chi connectivity index (χ0) is 20.4. The van der Waals surface area contributed by atoms with E-state index in [9.17, 15) is 9.59 Å². The van der Waals surface area contributed by atoms with Crippen molar-refractivity contribution in [2.75, 3.05) is 7.11 Å². The summed E-state index contributed by atoms with van der Waals surface area (Å²) in [4.78, 5) is 23.7. The lowest BCUT2D eigenvalue weighted by atomic mass is 10.1. The molecule has 146 valence electrons. The van der Waals surface area contributed by atoms with Crippen LogP contribution >= 0.6 is 11.6 Å². The van der Waals surface area contributed by atoms with Gasteiger partial charge in [-0.25, -0.2) is 9.59 Å². The number of carbonyl (C=O) groups excluding carboxylic acids is 1. The molecule has 0 spiro atoms. The van der Waals surface area contributed by atoms with Crippen LogP contribution in [-0.4, -0.2) is 28.0 Å². The maximum atomic E-state index is 12.4. The first-order valence-corrected chi connectivity index (χ1v) is 8.89. The SMILES string of the molecule is COC(=O)Oc1ccc2oc(=O)n(Cc3cccc(-c4ccc(Cl)nn4)c3)c2c1. The molecule has 4 aromatic rings. The molecule has 0 aliphatic rings. The Labute approximate surface area is 169 Å². The normalized spacial score (nSPS) is 10.8. The number of halogens is 1. The monoisotopic (exact) mass is 411 g/mol. The van der Waals surface area contributed by atoms with Crippen LogP contribution in [-0.2, 0) is 11.3 Å². The average Bonchev–Trinajstić information content (AvgIpc) is 3.03. The second kappa shape index (κ2) is 7.76. The molecule has 0 N–H and O–H groups in total. The van der Waals surface area contributed by atoms with Gasteiger partial charge in [-0.1, -0.05) is 29.8 Å². The molecule has 29 heavy (non-hydrogen) atoms. The fraction of sp³-hybridized carbons (Fsp3) is 0.100. The van der Waals surface area contributed by atoms with Gasteiger partial charge in [0.15, 0.2) is 10.7 Å². The number of rotatable bonds is 4. The number of methoxy groups -OCH3 is 1. The summed E-state index contributed by atoms with van der Waals surface area (Å²) < 4.78 is 16.3. The van der Waals surface area contributed by atoms with Gasteiger partial charge in [0.1, 0.15) is 5.75 Å². The van der Waals surface area contributed by atoms with E-state index < -0.39 is 11.9 Å². The number of oxazole rings is 1. The Morgan fingerprint density at radius 2 is 2.00 bits per heavy atom. The lowest BCUT2D eigenvalue weighted by molar-refractivity contribution is 0.121. The van der Waals surface area contributed by atoms with Gasteiger partial charge in [-0.15, -0.1) is 10.2 Å². The van der Waals surface area contributed by atoms with E-state index in [1.54, 1.807) is 24.3 Å². The van der Waals surface area contributed by atoms with Crippen LogP contribution in [0.5, 0.6) is 5.75 Å². The molecule has 0 aliphatic heterocycles. The van der Waals surface area contributed by atoms with Crippen molar-refractivity contribution in [3.05, 3.63) is 75.9 Å². The van der Waals surface area contributed by atoms with E-state index in [0.717, 1.165) is 11.1 Å². The van der Waals surface area contributed by atoms with E-state index in [4.69, 9.17) is 20.8 Å². The Balaban J connectivity index is 1.68. The van der Waals surface area contributed by atoms with Gasteiger partial charge in [0.2, 0.25) is 0 Å². The zero-order valence-corrected chi connectivity index (χ0v) is 15.9. The predicted octanol–water partition coefficient (Wildman–Crippen LogP) is 3.90. The topological polar surface area (TPSA) is 96.5 Å². The van der Waals surface area contributed by atoms with Crippen molar-refractivity contribution in [3.63, 3.8) is 0 Å². The fourth-order valence-corrected chi connectivity index (χ4v) is 2.98. The third kappa shape index (κ3) is 3.97. The highest BCUT2D eigenvalue weighted by atomic mass is 35.5. The van der Waals surface area contributed by atoms with Crippen molar-refractivity contribution in [2.24, 2.45) is 0 Å². The van der Waals surface area contributed by atoms with Crippen molar-refractivity contribution < 1.29 is 18.7 Å². The summed E-state index contributed by atoms with van der Waals surface area (Å²) in [5.74, 6) is -0.281. The minimum Gasteiger partial charge on any atom is -0.437 e. The molecule has 4 rings (SSSR count). The average molecular weight is 412 g/mol. The predicted molar refractivity (Wildman–Crippen MR) is 105 cm³/mol. The van der Waals surface area contributed by atoms with Crippen molar-refractivity contribution >= 4 is 28.9 Å². The van der Waals surface area contributed by atoms with E-state index in [1.807, 2.05) is 24.3 Å². The number of benzene rings is 2. The van der Waals surface area contributed by atoms with Crippen LogP contribution in [0.1, 0.15) is 5.56 Å². The number of fused-ring (bicyclic) bond motifs is 1. The van der Waals surface area contributed by atoms with Gasteiger partial charge in [0.25, 0.3) is 0 Å². The molecule has 0 atom stereocenters. The van der Waals surface area contributed by atoms with E-state index in [1.165, 1.54) is 17.7 Å². The maximum Gasteiger partial charge on any atom is 0.513 e. The van der Waals surface area contributed by atoms with Crippen molar-refractivity contribution in [3.8, 4) is 17.0 Å². The van der Waals surface area contributed by atoms with Gasteiger partial charge in [0.05, 0.1) is 24.9 Å². The molecule has 0 radical (unpaired) electrons. The quantitative estimate of drug-likeness (QED) is 0.371. The lowest BCUT2D eigenvalue weighted by Gasteiger charge is -2.07. The van der Waals surface area contributed by atoms with Gasteiger partial charge in [0, 0.05) is 11.6 Å². The molecule has 2 heterocycles. The Kier molecular flexibility index (Phi) is 5.01. The first-order chi connectivity index (χ1) is 14.0. The van der Waals surface area contributed by atoms with Gasteiger partial charge in [-0.3, -0.25) is 4.57 Å². The van der Waals surface area contributed by atoms with E-state index >= 15 is 0 Å². The largest absolute Gasteiger partial charge is 0.513 e. The number of ether oxygens (including phenoxy) is 2. The summed E-state index contributed by atoms with van der Waals surface area (Å²) in [7, 11) is 1.21. The Hall–Kier alpha value is -3.65. The molecule has 0 fully saturated rings. The van der Waals surface area contributed by atoms with Crippen LogP contribution in [0.25, 0.3) is 22.4 Å². The summed E-state index contributed by atoms with van der Waals surface area (Å²) >= 11 is 5.79. The Morgan fingerprint density at radius 3 is 2.76 bits per heavy atom. The fourth-order valence-electron chi connectivity index (χ4n) is 2.87. The third-order valence-electron chi connectivity index (χ3n) is 4.20. The summed E-state index contributed by atoms with van der Waals surface area (Å²) in [5, 5.41) is 8.23. The number of hydrogen-bond acceptors (Lipinski definition) is 7. The van der Waals surface area contributed by atoms with Gasteiger partial charge >= 0.3 is 11.9 Å². The van der Waals surface area contributed by atoms with Crippen LogP contribution in [0.15, 0.2) is 63.8 Å². The highest BCUT2D eigenvalue weighted by Gasteiger charge is 2.13. The molecule has 0 saturated carbocycles. The Morgan fingerprint density at radius 1 is 1.14 bits per heavy atom. The summed E-state index contributed by atoms with van der Waals surface area (Å²) in [5.41, 5.74) is 3.22. The van der Waals surface area contributed by atoms with Crippen molar-refractivity contribution in [2.45, 2.75) is 6.54 Å². The molecular weight excluding hydrogens is 398 g/mol. The molecule has 2 aromatic heterocycles. The minimum atomic E-state index is -0.849. The van der Waals surface area contributed by atoms with Crippen LogP contribution in [0.3, 0.4) is 0 Å². The third-order valence-corrected chi connectivity index (χ3v) is 4.40. The van der Waals surface area contributed by atoms with Crippen LogP contribution in [0.2, 0.25) is 5.15 Å². The van der Waals surface area contributed by atoms with E-state index in [-0.39, 0.29) is 12.3 Å². The maximum absolute atomic E-state index is 12.4. The number of aromatic nitrogens is 3. The van der Waals surface area contributed by atoms with Crippen molar-refractivity contribution in [1.29, 1.82) is 0 Å². The molecule has 0 saturated heterocycles. The second-order valence-electron chi connectivity index (χ2n) is 6.08. The first kappa shape index (κ1) is 18.7. The van der Waals surface area contributed by atoms with Gasteiger partial charge in [-0.05, 0) is 35.9 Å². The summed E-state index contributed by atoms with van der Waals surface area (Å²) in [6.07, 6.45) is -0.849. The van der Waals surface area contributed by atoms with E-state index in [0.29, 0.717) is 21.9 Å². The summed E-state index contributed by atoms with van der Waals surface area (Å²) in [6, 6.07) is 15.6. The highest BCUT2D eigenvalue weighted by Crippen LogP contribution is 2.23. The van der Waals surface area contributed by atoms with Crippen molar-refractivity contribution in [1.82, 2.24) is 14.8 Å². The number of carbonyl (C=O) groups is 1. The lowest BCUT2D eigenvalue weighted by Crippen LogP contribution is -2.15. The molecule has 9 heteroatoms. The molecule has 8 nitrogen and oxygen atoms in total. The molecular formula is C20H14ClN3O5. The standard InChI is InChI=1S/C20H14ClN3O5/c1-27-20(26)28-14-5-7-17-16(10-14)24(19(25)29-17)11-12-3-2-4-13(9-12)15-6-8-18(21)23-22-15/h2-10H,11H2,1H3. The van der Waals surface area contributed by atoms with Gasteiger partial charge < -0.3 is 13.9 Å².